The van der Waals surface area contributed by atoms with Crippen molar-refractivity contribution in [2.24, 2.45) is 11.8 Å². The van der Waals surface area contributed by atoms with Crippen molar-refractivity contribution < 1.29 is 14.8 Å². The Labute approximate surface area is 124 Å². The highest BCUT2D eigenvalue weighted by atomic mass is 16.6. The maximum Gasteiger partial charge on any atom is 0.306 e. The van der Waals surface area contributed by atoms with Crippen molar-refractivity contribution in [3.05, 3.63) is 0 Å². The zero-order valence-electron chi connectivity index (χ0n) is 13.9. The summed E-state index contributed by atoms with van der Waals surface area (Å²) >= 11 is 0. The number of ether oxygens (including phenoxy) is 1. The van der Waals surface area contributed by atoms with Gasteiger partial charge in [0.1, 0.15) is 5.60 Å². The van der Waals surface area contributed by atoms with Crippen LogP contribution in [0, 0.1) is 11.8 Å². The summed E-state index contributed by atoms with van der Waals surface area (Å²) in [5.41, 5.74) is -0.294. The predicted octanol–water partition coefficient (Wildman–Crippen LogP) is 2.89. The van der Waals surface area contributed by atoms with Crippen LogP contribution in [0.1, 0.15) is 72.6 Å². The van der Waals surface area contributed by atoms with E-state index in [-0.39, 0.29) is 11.6 Å². The van der Waals surface area contributed by atoms with E-state index in [1.54, 1.807) is 0 Å². The maximum atomic E-state index is 12.0. The molecule has 1 atom stereocenters. The van der Waals surface area contributed by atoms with Gasteiger partial charge in [-0.05, 0) is 26.2 Å². The Balaban J connectivity index is 2.29. The largest absolute Gasteiger partial charge is 0.459 e. The van der Waals surface area contributed by atoms with Gasteiger partial charge in [-0.1, -0.05) is 33.1 Å². The fourth-order valence-corrected chi connectivity index (χ4v) is 3.11. The molecule has 0 amide bonds. The van der Waals surface area contributed by atoms with Gasteiger partial charge in [0, 0.05) is 25.2 Å². The van der Waals surface area contributed by atoms with Crippen LogP contribution in [0.25, 0.3) is 0 Å². The van der Waals surface area contributed by atoms with Crippen molar-refractivity contribution in [3.63, 3.8) is 0 Å². The number of carbonyl (C=O) groups is 1. The fourth-order valence-electron chi connectivity index (χ4n) is 3.11. The minimum absolute atomic E-state index is 0.00657. The molecule has 0 saturated carbocycles. The number of esters is 1. The second kappa shape index (κ2) is 8.66. The first-order valence-electron chi connectivity index (χ1n) is 8.49. The van der Waals surface area contributed by atoms with Gasteiger partial charge in [-0.15, -0.1) is 0 Å². The number of carbonyl (C=O) groups excluding carboxylic acids is 1. The van der Waals surface area contributed by atoms with Crippen LogP contribution in [0.4, 0.5) is 0 Å². The molecule has 2 N–H and O–H groups in total. The van der Waals surface area contributed by atoms with Crippen LogP contribution in [-0.4, -0.2) is 24.7 Å². The van der Waals surface area contributed by atoms with Crippen LogP contribution in [0.3, 0.4) is 0 Å². The molecule has 1 aliphatic heterocycles. The van der Waals surface area contributed by atoms with Crippen molar-refractivity contribution >= 4 is 5.97 Å². The summed E-state index contributed by atoms with van der Waals surface area (Å²) in [6.45, 7) is 11.0. The van der Waals surface area contributed by atoms with Gasteiger partial charge in [-0.25, -0.2) is 0 Å². The average molecular weight is 284 g/mol. The van der Waals surface area contributed by atoms with Gasteiger partial charge in [0.25, 0.3) is 0 Å². The van der Waals surface area contributed by atoms with E-state index in [0.717, 1.165) is 19.3 Å². The average Bonchev–Trinajstić information content (AvgIpc) is 2.43. The number of hydrogen-bond acceptors (Lipinski definition) is 2. The van der Waals surface area contributed by atoms with Crippen molar-refractivity contribution in [2.45, 2.75) is 78.2 Å². The molecule has 0 aromatic carbocycles. The molecule has 0 aromatic rings. The fraction of sp³-hybridized carbons (Fsp3) is 0.941. The molecular weight excluding hydrogens is 250 g/mol. The molecule has 3 nitrogen and oxygen atoms in total. The normalized spacial score (nSPS) is 18.8. The van der Waals surface area contributed by atoms with Crippen molar-refractivity contribution in [1.82, 2.24) is 0 Å². The van der Waals surface area contributed by atoms with E-state index < -0.39 is 0 Å². The van der Waals surface area contributed by atoms with Gasteiger partial charge in [0.05, 0.1) is 13.1 Å². The van der Waals surface area contributed by atoms with E-state index in [2.05, 4.69) is 33.0 Å². The quantitative estimate of drug-likeness (QED) is 0.696. The molecule has 1 saturated heterocycles. The number of hydrogen-bond donors (Lipinski definition) is 1. The molecule has 1 fully saturated rings. The molecule has 1 heterocycles. The second-order valence-corrected chi connectivity index (χ2v) is 7.00. The van der Waals surface area contributed by atoms with E-state index in [0.29, 0.717) is 18.3 Å². The lowest BCUT2D eigenvalue weighted by atomic mass is 9.83. The lowest BCUT2D eigenvalue weighted by Gasteiger charge is -2.35. The lowest BCUT2D eigenvalue weighted by molar-refractivity contribution is -0.665. The van der Waals surface area contributed by atoms with Gasteiger partial charge in [0.2, 0.25) is 0 Å². The van der Waals surface area contributed by atoms with E-state index >= 15 is 0 Å². The highest BCUT2D eigenvalue weighted by Crippen LogP contribution is 2.28. The number of quaternary nitrogens is 1. The summed E-state index contributed by atoms with van der Waals surface area (Å²) in [6, 6.07) is 0. The highest BCUT2D eigenvalue weighted by molar-refractivity contribution is 5.69. The number of rotatable bonds is 8. The van der Waals surface area contributed by atoms with Gasteiger partial charge in [0.15, 0.2) is 0 Å². The Morgan fingerprint density at radius 1 is 1.30 bits per heavy atom. The van der Waals surface area contributed by atoms with E-state index in [1.165, 1.54) is 32.4 Å². The number of unbranched alkanes of at least 4 members (excludes halogenated alkanes) is 1. The van der Waals surface area contributed by atoms with Crippen molar-refractivity contribution in [3.8, 4) is 0 Å². The number of nitrogens with two attached hydrogens (primary N) is 1. The summed E-state index contributed by atoms with van der Waals surface area (Å²) in [7, 11) is 0. The minimum atomic E-state index is -0.294. The molecule has 118 valence electrons. The second-order valence-electron chi connectivity index (χ2n) is 7.00. The zero-order valence-corrected chi connectivity index (χ0v) is 13.9. The van der Waals surface area contributed by atoms with Crippen molar-refractivity contribution in [2.75, 3.05) is 13.1 Å². The van der Waals surface area contributed by atoms with Crippen LogP contribution in [0.5, 0.6) is 0 Å². The molecule has 20 heavy (non-hydrogen) atoms. The van der Waals surface area contributed by atoms with Crippen molar-refractivity contribution in [1.29, 1.82) is 0 Å². The molecule has 1 unspecified atom stereocenters. The van der Waals surface area contributed by atoms with Crippen LogP contribution in [0.2, 0.25) is 0 Å². The molecule has 3 heteroatoms. The summed E-state index contributed by atoms with van der Waals surface area (Å²) in [5, 5.41) is 2.35. The van der Waals surface area contributed by atoms with E-state index in [9.17, 15) is 4.79 Å². The zero-order chi connectivity index (χ0) is 15.0. The molecule has 0 radical (unpaired) electrons. The maximum absolute atomic E-state index is 12.0. The van der Waals surface area contributed by atoms with Gasteiger partial charge < -0.3 is 10.1 Å². The third-order valence-electron chi connectivity index (χ3n) is 4.69. The van der Waals surface area contributed by atoms with Crippen LogP contribution in [-0.2, 0) is 9.53 Å². The molecule has 1 rings (SSSR count). The Morgan fingerprint density at radius 3 is 2.55 bits per heavy atom. The van der Waals surface area contributed by atoms with Crippen LogP contribution in [0.15, 0.2) is 0 Å². The first-order chi connectivity index (χ1) is 9.45. The highest BCUT2D eigenvalue weighted by Gasteiger charge is 2.35. The summed E-state index contributed by atoms with van der Waals surface area (Å²) in [4.78, 5) is 12.0. The van der Waals surface area contributed by atoms with E-state index in [4.69, 9.17) is 4.74 Å². The summed E-state index contributed by atoms with van der Waals surface area (Å²) in [6.07, 6.45) is 7.59. The summed E-state index contributed by atoms with van der Waals surface area (Å²) < 4.78 is 5.78. The standard InChI is InChI=1S/C17H33NO2/c1-5-6-7-14(2)8-9-16(19)20-17(3,4)15-10-12-18-13-11-15/h14-15,18H,5-13H2,1-4H3/p+1. The topological polar surface area (TPSA) is 42.9 Å². The molecule has 0 bridgehead atoms. The molecule has 1 aliphatic rings. The molecular formula is C17H34NO2+. The lowest BCUT2D eigenvalue weighted by Crippen LogP contribution is -2.86. The van der Waals surface area contributed by atoms with E-state index in [1.807, 2.05) is 0 Å². The first-order valence-corrected chi connectivity index (χ1v) is 8.49. The third-order valence-corrected chi connectivity index (χ3v) is 4.69. The third kappa shape index (κ3) is 6.25. The van der Waals surface area contributed by atoms with Gasteiger partial charge in [-0.2, -0.15) is 0 Å². The molecule has 0 aliphatic carbocycles. The smallest absolute Gasteiger partial charge is 0.306 e. The van der Waals surface area contributed by atoms with Crippen LogP contribution >= 0.6 is 0 Å². The molecule has 0 spiro atoms. The Morgan fingerprint density at radius 2 is 1.95 bits per heavy atom. The van der Waals surface area contributed by atoms with Gasteiger partial charge in [-0.3, -0.25) is 4.79 Å². The Bertz CT molecular complexity index is 283. The first kappa shape index (κ1) is 17.5. The number of piperidine rings is 1. The van der Waals surface area contributed by atoms with Crippen LogP contribution < -0.4 is 5.32 Å². The summed E-state index contributed by atoms with van der Waals surface area (Å²) in [5.74, 6) is 1.15. The predicted molar refractivity (Wildman–Crippen MR) is 82.5 cm³/mol. The molecule has 0 aromatic heterocycles. The Kier molecular flexibility index (Phi) is 7.57. The van der Waals surface area contributed by atoms with Gasteiger partial charge >= 0.3 is 5.97 Å². The monoisotopic (exact) mass is 284 g/mol. The SMILES string of the molecule is CCCCC(C)CCC(=O)OC(C)(C)C1CC[NH2+]CC1. The minimum Gasteiger partial charge on any atom is -0.459 e. The Hall–Kier alpha value is -0.570.